The number of fused-ring (bicyclic) bond motifs is 1. The lowest BCUT2D eigenvalue weighted by atomic mass is 9.74. The van der Waals surface area contributed by atoms with Crippen LogP contribution in [0.15, 0.2) is 0 Å². The van der Waals surface area contributed by atoms with E-state index in [4.69, 9.17) is 14.2 Å². The zero-order chi connectivity index (χ0) is 29.5. The Balaban J connectivity index is 1.00. The van der Waals surface area contributed by atoms with Crippen LogP contribution in [-0.4, -0.2) is 130 Å². The molecule has 0 aromatic heterocycles. The van der Waals surface area contributed by atoms with Crippen LogP contribution in [0, 0.1) is 17.8 Å². The molecule has 242 valence electrons. The summed E-state index contributed by atoms with van der Waals surface area (Å²) in [6.45, 7) is 7.88. The van der Waals surface area contributed by atoms with Crippen LogP contribution in [0.2, 0.25) is 0 Å². The Morgan fingerprint density at radius 2 is 1.98 bits per heavy atom. The smallest absolute Gasteiger partial charge is 0.223 e. The highest BCUT2D eigenvalue weighted by Crippen LogP contribution is 2.37. The van der Waals surface area contributed by atoms with Crippen molar-refractivity contribution in [1.29, 1.82) is 0 Å². The first-order chi connectivity index (χ1) is 20.3. The molecule has 5 N–H and O–H groups in total. The molecule has 5 fully saturated rings. The second kappa shape index (κ2) is 15.9. The van der Waals surface area contributed by atoms with Gasteiger partial charge in [-0.25, -0.2) is 0 Å². The lowest BCUT2D eigenvalue weighted by molar-refractivity contribution is -0.130. The normalized spacial score (nSPS) is 36.9. The number of hydrogen-bond acceptors (Lipinski definition) is 10. The number of likely N-dealkylation sites (N-methyl/N-ethyl adjacent to an activating group) is 1. The summed E-state index contributed by atoms with van der Waals surface area (Å²) in [7, 11) is 4.07. The second-order valence-corrected chi connectivity index (χ2v) is 13.9. The molecular formula is C31H58N6O5. The molecule has 5 aliphatic rings. The minimum atomic E-state index is -0.565. The SMILES string of the molecule is CC1NCOC1COC1CCC2CN(C[C@@H](O)CNC(=O)C3CC(NC4CCC4)NC(OCCN(C)C)C3)CCC2C1. The molecule has 0 aromatic carbocycles. The maximum atomic E-state index is 13.2. The van der Waals surface area contributed by atoms with E-state index in [2.05, 4.69) is 38.0 Å². The van der Waals surface area contributed by atoms with Gasteiger partial charge < -0.3 is 34.4 Å². The predicted octanol–water partition coefficient (Wildman–Crippen LogP) is 0.677. The van der Waals surface area contributed by atoms with E-state index in [0.717, 1.165) is 45.3 Å². The maximum absolute atomic E-state index is 13.2. The number of carbonyl (C=O) groups excluding carboxylic acids is 1. The molecule has 9 atom stereocenters. The molecule has 3 saturated heterocycles. The third-order valence-electron chi connectivity index (χ3n) is 10.3. The lowest BCUT2D eigenvalue weighted by Crippen LogP contribution is -2.59. The molecule has 2 aliphatic carbocycles. The largest absolute Gasteiger partial charge is 0.390 e. The Morgan fingerprint density at radius 1 is 1.12 bits per heavy atom. The van der Waals surface area contributed by atoms with Crippen molar-refractivity contribution in [3.63, 3.8) is 0 Å². The van der Waals surface area contributed by atoms with Crippen LogP contribution in [0.5, 0.6) is 0 Å². The molecule has 3 aliphatic heterocycles. The lowest BCUT2D eigenvalue weighted by Gasteiger charge is -2.44. The minimum absolute atomic E-state index is 0.0300. The quantitative estimate of drug-likeness (QED) is 0.196. The van der Waals surface area contributed by atoms with Crippen LogP contribution in [-0.2, 0) is 19.0 Å². The molecule has 2 saturated carbocycles. The Bertz CT molecular complexity index is 834. The van der Waals surface area contributed by atoms with Crippen molar-refractivity contribution in [3.05, 3.63) is 0 Å². The van der Waals surface area contributed by atoms with Gasteiger partial charge in [0.15, 0.2) is 0 Å². The standard InChI is InChI=1S/C31H58N6O5/c1-21-28(42-20-33-21)19-41-27-8-7-23-17-37(10-9-22(23)13-27)18-26(38)16-32-31(39)24-14-29(34-25-5-4-6-25)35-30(15-24)40-12-11-36(2)3/h21-30,33-35,38H,4-20H2,1-3H3,(H,32,39)/t21?,22?,23?,24?,26-,27?,28?,29?,30?/m0/s1. The summed E-state index contributed by atoms with van der Waals surface area (Å²) in [6.07, 6.45) is 9.53. The highest BCUT2D eigenvalue weighted by molar-refractivity contribution is 5.78. The van der Waals surface area contributed by atoms with Crippen molar-refractivity contribution >= 4 is 5.91 Å². The van der Waals surface area contributed by atoms with Gasteiger partial charge in [0.05, 0.1) is 44.4 Å². The monoisotopic (exact) mass is 594 g/mol. The van der Waals surface area contributed by atoms with Crippen molar-refractivity contribution in [1.82, 2.24) is 31.1 Å². The van der Waals surface area contributed by atoms with Crippen LogP contribution < -0.4 is 21.3 Å². The van der Waals surface area contributed by atoms with E-state index in [1.165, 1.54) is 25.7 Å². The number of likely N-dealkylation sites (tertiary alicyclic amines) is 1. The first-order valence-corrected chi connectivity index (χ1v) is 16.8. The average molecular weight is 595 g/mol. The molecule has 0 spiro atoms. The van der Waals surface area contributed by atoms with E-state index in [1.54, 1.807) is 0 Å². The van der Waals surface area contributed by atoms with Gasteiger partial charge in [-0.2, -0.15) is 0 Å². The van der Waals surface area contributed by atoms with Gasteiger partial charge in [-0.1, -0.05) is 6.42 Å². The zero-order valence-corrected chi connectivity index (χ0v) is 26.3. The van der Waals surface area contributed by atoms with Crippen molar-refractivity contribution in [2.24, 2.45) is 17.8 Å². The van der Waals surface area contributed by atoms with Gasteiger partial charge in [-0.3, -0.25) is 20.7 Å². The molecule has 0 radical (unpaired) electrons. The first kappa shape index (κ1) is 32.5. The minimum Gasteiger partial charge on any atom is -0.390 e. The number of piperidine rings is 2. The summed E-state index contributed by atoms with van der Waals surface area (Å²) in [6, 6.07) is 0.892. The van der Waals surface area contributed by atoms with Gasteiger partial charge in [-0.15, -0.1) is 0 Å². The number of nitrogens with zero attached hydrogens (tertiary/aromatic N) is 2. The van der Waals surface area contributed by atoms with Crippen molar-refractivity contribution < 1.29 is 24.1 Å². The Labute approximate surface area is 253 Å². The second-order valence-electron chi connectivity index (χ2n) is 13.9. The van der Waals surface area contributed by atoms with E-state index in [1.807, 2.05) is 14.1 Å². The number of carbonyl (C=O) groups is 1. The molecule has 8 unspecified atom stereocenters. The molecule has 11 nitrogen and oxygen atoms in total. The van der Waals surface area contributed by atoms with Crippen LogP contribution in [0.25, 0.3) is 0 Å². The predicted molar refractivity (Wildman–Crippen MR) is 162 cm³/mol. The molecule has 0 aromatic rings. The zero-order valence-electron chi connectivity index (χ0n) is 26.3. The van der Waals surface area contributed by atoms with Gasteiger partial charge >= 0.3 is 0 Å². The van der Waals surface area contributed by atoms with E-state index < -0.39 is 6.10 Å². The Kier molecular flexibility index (Phi) is 12.3. The Morgan fingerprint density at radius 3 is 2.71 bits per heavy atom. The van der Waals surface area contributed by atoms with Crippen LogP contribution in [0.4, 0.5) is 0 Å². The topological polar surface area (TPSA) is 120 Å². The number of hydrogen-bond donors (Lipinski definition) is 5. The van der Waals surface area contributed by atoms with Crippen molar-refractivity contribution in [2.45, 2.75) is 108 Å². The molecule has 42 heavy (non-hydrogen) atoms. The van der Waals surface area contributed by atoms with Gasteiger partial charge in [-0.05, 0) is 90.8 Å². The number of aliphatic hydroxyl groups is 1. The van der Waals surface area contributed by atoms with Crippen LogP contribution in [0.3, 0.4) is 0 Å². The third kappa shape index (κ3) is 9.55. The molecule has 0 bridgehead atoms. The highest BCUT2D eigenvalue weighted by Gasteiger charge is 2.37. The summed E-state index contributed by atoms with van der Waals surface area (Å²) in [5.74, 6) is 1.27. The van der Waals surface area contributed by atoms with Crippen molar-refractivity contribution in [3.8, 4) is 0 Å². The summed E-state index contributed by atoms with van der Waals surface area (Å²) < 4.78 is 18.1. The van der Waals surface area contributed by atoms with Gasteiger partial charge in [0.1, 0.15) is 6.23 Å². The van der Waals surface area contributed by atoms with E-state index in [0.29, 0.717) is 69.5 Å². The maximum Gasteiger partial charge on any atom is 0.223 e. The number of nitrogens with one attached hydrogen (secondary N) is 4. The van der Waals surface area contributed by atoms with E-state index in [-0.39, 0.29) is 30.3 Å². The molecule has 11 heteroatoms. The fourth-order valence-corrected chi connectivity index (χ4v) is 7.36. The van der Waals surface area contributed by atoms with Gasteiger partial charge in [0.2, 0.25) is 5.91 Å². The number of amides is 1. The molecule has 5 rings (SSSR count). The fraction of sp³-hybridized carbons (Fsp3) is 0.968. The first-order valence-electron chi connectivity index (χ1n) is 16.8. The summed E-state index contributed by atoms with van der Waals surface area (Å²) >= 11 is 0. The Hall–Kier alpha value is -0.890. The number of β-amino-alcohol motifs (C(OH)–C–C–N with tert-alkyl or cyclic N) is 1. The average Bonchev–Trinajstić information content (AvgIpc) is 3.36. The molecular weight excluding hydrogens is 536 g/mol. The summed E-state index contributed by atoms with van der Waals surface area (Å²) in [5.41, 5.74) is 0. The third-order valence-corrected chi connectivity index (χ3v) is 10.3. The molecule has 3 heterocycles. The number of ether oxygens (including phenoxy) is 3. The molecule has 1 amide bonds. The van der Waals surface area contributed by atoms with Gasteiger partial charge in [0.25, 0.3) is 0 Å². The number of rotatable bonds is 14. The highest BCUT2D eigenvalue weighted by atomic mass is 16.5. The summed E-state index contributed by atoms with van der Waals surface area (Å²) in [4.78, 5) is 17.7. The summed E-state index contributed by atoms with van der Waals surface area (Å²) in [5, 5.41) is 24.5. The van der Waals surface area contributed by atoms with Crippen LogP contribution >= 0.6 is 0 Å². The van der Waals surface area contributed by atoms with Gasteiger partial charge in [0, 0.05) is 44.2 Å². The van der Waals surface area contributed by atoms with Crippen LogP contribution in [0.1, 0.15) is 64.7 Å². The number of aliphatic hydroxyl groups excluding tert-OH is 1. The van der Waals surface area contributed by atoms with E-state index >= 15 is 0 Å². The van der Waals surface area contributed by atoms with Crippen molar-refractivity contribution in [2.75, 3.05) is 66.8 Å². The fourth-order valence-electron chi connectivity index (χ4n) is 7.36. The van der Waals surface area contributed by atoms with E-state index in [9.17, 15) is 9.90 Å².